The maximum atomic E-state index is 14.0. The van der Waals surface area contributed by atoms with E-state index in [4.69, 9.17) is 14.2 Å². The summed E-state index contributed by atoms with van der Waals surface area (Å²) in [6.45, 7) is 5.44. The zero-order chi connectivity index (χ0) is 31.1. The fourth-order valence-corrected chi connectivity index (χ4v) is 7.23. The molecule has 2 aromatic rings. The van der Waals surface area contributed by atoms with Crippen molar-refractivity contribution in [1.82, 2.24) is 24.2 Å². The topological polar surface area (TPSA) is 139 Å². The first-order valence-electron chi connectivity index (χ1n) is 14.6. The van der Waals surface area contributed by atoms with Crippen LogP contribution in [0.5, 0.6) is 11.5 Å². The molecule has 12 nitrogen and oxygen atoms in total. The Kier molecular flexibility index (Phi) is 11.0. The van der Waals surface area contributed by atoms with Crippen LogP contribution in [0, 0.1) is 11.8 Å². The molecule has 43 heavy (non-hydrogen) atoms. The van der Waals surface area contributed by atoms with Crippen LogP contribution < -0.4 is 20.1 Å². The van der Waals surface area contributed by atoms with E-state index >= 15 is 0 Å². The Labute approximate surface area is 254 Å². The summed E-state index contributed by atoms with van der Waals surface area (Å²) in [7, 11) is 0.792. The van der Waals surface area contributed by atoms with E-state index in [-0.39, 0.29) is 37.0 Å². The molecule has 4 bridgehead atoms. The lowest BCUT2D eigenvalue weighted by Gasteiger charge is -2.35. The lowest BCUT2D eigenvalue weighted by molar-refractivity contribution is -0.123. The molecule has 2 aliphatic rings. The number of piperidine rings is 1. The Morgan fingerprint density at radius 1 is 0.977 bits per heavy atom. The van der Waals surface area contributed by atoms with E-state index in [1.54, 1.807) is 25.4 Å². The van der Waals surface area contributed by atoms with Gasteiger partial charge in [0.2, 0.25) is 5.91 Å². The largest absolute Gasteiger partial charge is 0.493 e. The van der Waals surface area contributed by atoms with Gasteiger partial charge >= 0.3 is 0 Å². The van der Waals surface area contributed by atoms with Gasteiger partial charge in [-0.25, -0.2) is 0 Å². The smallest absolute Gasteiger partial charge is 0.282 e. The Hall–Kier alpha value is -3.26. The number of benzene rings is 1. The van der Waals surface area contributed by atoms with Crippen LogP contribution >= 0.6 is 0 Å². The molecule has 1 aromatic heterocycles. The lowest BCUT2D eigenvalue weighted by atomic mass is 9.99. The van der Waals surface area contributed by atoms with Gasteiger partial charge < -0.3 is 24.8 Å². The summed E-state index contributed by atoms with van der Waals surface area (Å²) in [4.78, 5) is 30.8. The van der Waals surface area contributed by atoms with Crippen molar-refractivity contribution in [3.05, 3.63) is 41.7 Å². The second-order valence-electron chi connectivity index (χ2n) is 11.4. The molecular weight excluding hydrogens is 574 g/mol. The van der Waals surface area contributed by atoms with Crippen LogP contribution in [0.1, 0.15) is 49.0 Å². The monoisotopic (exact) mass is 617 g/mol. The third kappa shape index (κ3) is 7.83. The van der Waals surface area contributed by atoms with Gasteiger partial charge in [-0.2, -0.15) is 17.0 Å². The summed E-state index contributed by atoms with van der Waals surface area (Å²) >= 11 is 0. The summed E-state index contributed by atoms with van der Waals surface area (Å²) in [6, 6.07) is 4.44. The summed E-state index contributed by atoms with van der Waals surface area (Å²) in [5.41, 5.74) is 2.11. The highest BCUT2D eigenvalue weighted by Gasteiger charge is 2.34. The van der Waals surface area contributed by atoms with Gasteiger partial charge in [-0.15, -0.1) is 0 Å². The number of amides is 2. The van der Waals surface area contributed by atoms with Crippen LogP contribution in [0.2, 0.25) is 0 Å². The maximum Gasteiger partial charge on any atom is 0.282 e. The Bertz CT molecular complexity index is 1390. The van der Waals surface area contributed by atoms with Crippen molar-refractivity contribution >= 4 is 22.0 Å². The van der Waals surface area contributed by atoms with E-state index in [2.05, 4.69) is 15.6 Å². The van der Waals surface area contributed by atoms with Crippen LogP contribution in [0.15, 0.2) is 30.6 Å². The van der Waals surface area contributed by atoms with E-state index in [9.17, 15) is 18.0 Å². The van der Waals surface area contributed by atoms with Gasteiger partial charge in [-0.1, -0.05) is 13.8 Å². The standard InChI is InChI=1S/C30H43N5O7S/c1-20(2)12-26-30(37)32-8-11-35(43(38,39)34-9-6-21(7-10-34)19-40-3)18-22-13-25(28(42-5)27(14-22)41-4)23-15-24(17-31-16-23)29(36)33-26/h13-17,20-21,26H,6-12,18-19H2,1-5H3,(H,32,37)(H,33,36)/t26-/m1/s1. The number of hydrogen-bond acceptors (Lipinski definition) is 8. The molecule has 0 radical (unpaired) electrons. The molecular formula is C30H43N5O7S. The van der Waals surface area contributed by atoms with Gasteiger partial charge in [0, 0.05) is 70.0 Å². The number of nitrogens with one attached hydrogen (secondary N) is 2. The number of nitrogens with zero attached hydrogens (tertiary/aromatic N) is 3. The molecule has 2 N–H and O–H groups in total. The molecule has 13 heteroatoms. The molecule has 1 fully saturated rings. The number of methoxy groups -OCH3 is 3. The quantitative estimate of drug-likeness (QED) is 0.461. The van der Waals surface area contributed by atoms with Gasteiger partial charge in [-0.3, -0.25) is 14.6 Å². The molecule has 236 valence electrons. The lowest BCUT2D eigenvalue weighted by Crippen LogP contribution is -2.51. The van der Waals surface area contributed by atoms with E-state index in [0.717, 1.165) is 0 Å². The number of hydrogen-bond donors (Lipinski definition) is 2. The van der Waals surface area contributed by atoms with Crippen molar-refractivity contribution in [2.75, 3.05) is 54.1 Å². The number of carbonyl (C=O) groups is 2. The number of aromatic nitrogens is 1. The molecule has 0 unspecified atom stereocenters. The average molecular weight is 618 g/mol. The first-order valence-corrected chi connectivity index (χ1v) is 16.0. The van der Waals surface area contributed by atoms with Crippen molar-refractivity contribution in [3.8, 4) is 22.6 Å². The predicted octanol–water partition coefficient (Wildman–Crippen LogP) is 2.45. The van der Waals surface area contributed by atoms with E-state index < -0.39 is 22.2 Å². The van der Waals surface area contributed by atoms with E-state index in [1.165, 1.54) is 29.0 Å². The van der Waals surface area contributed by atoms with Crippen molar-refractivity contribution < 1.29 is 32.2 Å². The maximum absolute atomic E-state index is 14.0. The van der Waals surface area contributed by atoms with Crippen LogP contribution in [0.4, 0.5) is 0 Å². The minimum atomic E-state index is -3.89. The number of ether oxygens (including phenoxy) is 3. The van der Waals surface area contributed by atoms with Crippen LogP contribution in [0.25, 0.3) is 11.1 Å². The average Bonchev–Trinajstić information content (AvgIpc) is 2.99. The van der Waals surface area contributed by atoms with Crippen LogP contribution in [-0.4, -0.2) is 94.0 Å². The minimum Gasteiger partial charge on any atom is -0.493 e. The highest BCUT2D eigenvalue weighted by atomic mass is 32.2. The number of carbonyl (C=O) groups excluding carboxylic acids is 2. The highest BCUT2D eigenvalue weighted by molar-refractivity contribution is 7.86. The fourth-order valence-electron chi connectivity index (χ4n) is 5.60. The SMILES string of the molecule is COCC1CCN(S(=O)(=O)N2CCNC(=O)[C@@H](CC(C)C)NC(=O)c3cncc(c3)-c3cc(cc(OC)c3OC)C2)CC1. The van der Waals surface area contributed by atoms with Gasteiger partial charge in [0.1, 0.15) is 6.04 Å². The second kappa shape index (κ2) is 14.5. The molecule has 0 saturated carbocycles. The van der Waals surface area contributed by atoms with Crippen LogP contribution in [0.3, 0.4) is 0 Å². The summed E-state index contributed by atoms with van der Waals surface area (Å²) in [5, 5.41) is 5.70. The Morgan fingerprint density at radius 2 is 1.70 bits per heavy atom. The first-order chi connectivity index (χ1) is 20.6. The zero-order valence-electron chi connectivity index (χ0n) is 25.6. The zero-order valence-corrected chi connectivity index (χ0v) is 26.4. The second-order valence-corrected chi connectivity index (χ2v) is 13.4. The third-order valence-electron chi connectivity index (χ3n) is 7.83. The predicted molar refractivity (Wildman–Crippen MR) is 162 cm³/mol. The minimum absolute atomic E-state index is 0.0310. The van der Waals surface area contributed by atoms with Gasteiger partial charge in [-0.05, 0) is 54.9 Å². The number of fused-ring (bicyclic) bond motifs is 5. The highest BCUT2D eigenvalue weighted by Crippen LogP contribution is 2.40. The normalized spacial score (nSPS) is 19.7. The third-order valence-corrected chi connectivity index (χ3v) is 9.81. The molecule has 0 spiro atoms. The summed E-state index contributed by atoms with van der Waals surface area (Å²) < 4.78 is 47.6. The summed E-state index contributed by atoms with van der Waals surface area (Å²) in [5.74, 6) is 0.468. The molecule has 1 aromatic carbocycles. The molecule has 3 heterocycles. The van der Waals surface area contributed by atoms with Crippen molar-refractivity contribution in [1.29, 1.82) is 0 Å². The fraction of sp³-hybridized carbons (Fsp3) is 0.567. The Morgan fingerprint density at radius 3 is 2.35 bits per heavy atom. The van der Waals surface area contributed by atoms with Crippen LogP contribution in [-0.2, 0) is 26.3 Å². The van der Waals surface area contributed by atoms with Crippen molar-refractivity contribution in [2.45, 2.75) is 45.7 Å². The molecule has 2 amide bonds. The molecule has 1 saturated heterocycles. The first kappa shape index (κ1) is 32.6. The van der Waals surface area contributed by atoms with Crippen molar-refractivity contribution in [2.24, 2.45) is 11.8 Å². The number of pyridine rings is 1. The Balaban J connectivity index is 1.78. The van der Waals surface area contributed by atoms with E-state index in [0.29, 0.717) is 73.1 Å². The molecule has 2 aliphatic heterocycles. The molecule has 4 rings (SSSR count). The number of rotatable bonds is 8. The van der Waals surface area contributed by atoms with Crippen molar-refractivity contribution in [3.63, 3.8) is 0 Å². The molecule has 1 atom stereocenters. The summed E-state index contributed by atoms with van der Waals surface area (Å²) in [6.07, 6.45) is 4.87. The van der Waals surface area contributed by atoms with Gasteiger partial charge in [0.15, 0.2) is 11.5 Å². The van der Waals surface area contributed by atoms with Gasteiger partial charge in [0.25, 0.3) is 16.1 Å². The van der Waals surface area contributed by atoms with E-state index in [1.807, 2.05) is 19.9 Å². The molecule has 0 aliphatic carbocycles. The van der Waals surface area contributed by atoms with Gasteiger partial charge in [0.05, 0.1) is 19.8 Å².